The Morgan fingerprint density at radius 3 is 1.33 bits per heavy atom. The third-order valence-corrected chi connectivity index (χ3v) is 5.68. The van der Waals surface area contributed by atoms with Crippen molar-refractivity contribution in [2.24, 2.45) is 5.41 Å². The molecule has 0 heterocycles. The van der Waals surface area contributed by atoms with E-state index < -0.39 is 75.8 Å². The Labute approximate surface area is 240 Å². The molecule has 43 heavy (non-hydrogen) atoms. The van der Waals surface area contributed by atoms with Gasteiger partial charge in [-0.05, 0) is 37.5 Å². The standard InChI is InChI=1S/C26H35F13O4/c1-4-10-20(11-5-2,12-6-3)13-8-7-9-14-21(27,28)16-40-18-24(33,34)42-23(31,32)15-22(29,30)17-41-19-25(35,36)43-26(37,38)39/h4-6H,1-3,7-19H2. The molecule has 0 radical (unpaired) electrons. The van der Waals surface area contributed by atoms with E-state index in [-0.39, 0.29) is 11.8 Å². The van der Waals surface area contributed by atoms with Crippen molar-refractivity contribution in [2.75, 3.05) is 26.4 Å². The van der Waals surface area contributed by atoms with Crippen LogP contribution in [0.15, 0.2) is 38.0 Å². The third kappa shape index (κ3) is 19.9. The minimum Gasteiger partial charge on any atom is -0.366 e. The number of rotatable bonds is 25. The minimum atomic E-state index is -5.89. The SMILES string of the molecule is C=CCC(CC=C)(CC=C)CCCCCC(F)(F)COCC(F)(F)OC(F)(F)CC(F)(F)COCC(F)(F)OC(F)(F)F. The predicted molar refractivity (Wildman–Crippen MR) is 129 cm³/mol. The highest BCUT2D eigenvalue weighted by Gasteiger charge is 2.52. The first-order chi connectivity index (χ1) is 19.4. The van der Waals surface area contributed by atoms with Crippen LogP contribution in [0.1, 0.15) is 57.8 Å². The van der Waals surface area contributed by atoms with Gasteiger partial charge in [-0.2, -0.15) is 26.3 Å². The molecule has 0 aliphatic carbocycles. The van der Waals surface area contributed by atoms with Crippen LogP contribution in [-0.4, -0.2) is 63.0 Å². The van der Waals surface area contributed by atoms with E-state index in [0.717, 1.165) is 0 Å². The topological polar surface area (TPSA) is 36.9 Å². The van der Waals surface area contributed by atoms with Crippen LogP contribution in [0.4, 0.5) is 57.1 Å². The van der Waals surface area contributed by atoms with Crippen LogP contribution in [0.2, 0.25) is 0 Å². The second kappa shape index (κ2) is 17.0. The van der Waals surface area contributed by atoms with Crippen LogP contribution in [0.5, 0.6) is 0 Å². The maximum absolute atomic E-state index is 14.0. The van der Waals surface area contributed by atoms with E-state index >= 15 is 0 Å². The molecular weight excluding hydrogens is 623 g/mol. The minimum absolute atomic E-state index is 0.0287. The molecule has 0 amide bonds. The van der Waals surface area contributed by atoms with Gasteiger partial charge in [0, 0.05) is 6.42 Å². The summed E-state index contributed by atoms with van der Waals surface area (Å²) in [6.07, 6.45) is -16.5. The molecular formula is C26H35F13O4. The van der Waals surface area contributed by atoms with Gasteiger partial charge in [0.25, 0.3) is 11.8 Å². The summed E-state index contributed by atoms with van der Waals surface area (Å²) in [5, 5.41) is 0. The zero-order chi connectivity index (χ0) is 33.6. The second-order valence-electron chi connectivity index (χ2n) is 9.98. The molecule has 4 nitrogen and oxygen atoms in total. The van der Waals surface area contributed by atoms with Gasteiger partial charge in [0.2, 0.25) is 0 Å². The number of alkyl halides is 13. The maximum atomic E-state index is 14.0. The summed E-state index contributed by atoms with van der Waals surface area (Å²) in [5.41, 5.74) is -0.207. The summed E-state index contributed by atoms with van der Waals surface area (Å²) < 4.78 is 184. The van der Waals surface area contributed by atoms with Crippen molar-refractivity contribution < 1.29 is 76.0 Å². The molecule has 0 aliphatic rings. The van der Waals surface area contributed by atoms with Crippen LogP contribution in [-0.2, 0) is 18.9 Å². The summed E-state index contributed by atoms with van der Waals surface area (Å²) in [4.78, 5) is 0. The molecule has 0 saturated carbocycles. The predicted octanol–water partition coefficient (Wildman–Crippen LogP) is 9.68. The molecule has 0 rings (SSSR count). The Morgan fingerprint density at radius 1 is 0.465 bits per heavy atom. The molecule has 0 aliphatic heterocycles. The fraction of sp³-hybridized carbons (Fsp3) is 0.769. The fourth-order valence-electron chi connectivity index (χ4n) is 4.08. The van der Waals surface area contributed by atoms with Gasteiger partial charge >= 0.3 is 24.7 Å². The zero-order valence-corrected chi connectivity index (χ0v) is 23.1. The fourth-order valence-corrected chi connectivity index (χ4v) is 4.08. The number of ether oxygens (including phenoxy) is 4. The van der Waals surface area contributed by atoms with Gasteiger partial charge in [-0.1, -0.05) is 31.1 Å². The van der Waals surface area contributed by atoms with Gasteiger partial charge in [0.15, 0.2) is 0 Å². The largest absolute Gasteiger partial charge is 0.527 e. The highest BCUT2D eigenvalue weighted by molar-refractivity contribution is 4.95. The highest BCUT2D eigenvalue weighted by Crippen LogP contribution is 2.39. The van der Waals surface area contributed by atoms with Crippen LogP contribution in [0.3, 0.4) is 0 Å². The number of unbranched alkanes of at least 4 members (excludes halogenated alkanes) is 2. The van der Waals surface area contributed by atoms with Crippen molar-refractivity contribution in [3.05, 3.63) is 38.0 Å². The molecule has 0 N–H and O–H groups in total. The summed E-state index contributed by atoms with van der Waals surface area (Å²) in [5.74, 6) is -8.49. The maximum Gasteiger partial charge on any atom is 0.527 e. The van der Waals surface area contributed by atoms with Crippen molar-refractivity contribution in [1.29, 1.82) is 0 Å². The molecule has 254 valence electrons. The highest BCUT2D eigenvalue weighted by atomic mass is 19.4. The molecule has 0 aromatic carbocycles. The number of allylic oxidation sites excluding steroid dienone is 3. The molecule has 0 spiro atoms. The molecule has 0 unspecified atom stereocenters. The molecule has 0 atom stereocenters. The number of hydrogen-bond acceptors (Lipinski definition) is 4. The van der Waals surface area contributed by atoms with E-state index in [0.29, 0.717) is 38.5 Å². The number of hydrogen-bond donors (Lipinski definition) is 0. The lowest BCUT2D eigenvalue weighted by atomic mass is 9.74. The first kappa shape index (κ1) is 41.1. The first-order valence-electron chi connectivity index (χ1n) is 12.8. The Kier molecular flexibility index (Phi) is 16.3. The van der Waals surface area contributed by atoms with Crippen molar-refractivity contribution in [1.82, 2.24) is 0 Å². The van der Waals surface area contributed by atoms with Crippen LogP contribution < -0.4 is 0 Å². The number of halogens is 13. The average molecular weight is 659 g/mol. The van der Waals surface area contributed by atoms with Crippen molar-refractivity contribution in [2.45, 2.75) is 94.3 Å². The van der Waals surface area contributed by atoms with Gasteiger partial charge in [0.05, 0.1) is 0 Å². The van der Waals surface area contributed by atoms with Crippen LogP contribution >= 0.6 is 0 Å². The van der Waals surface area contributed by atoms with Gasteiger partial charge in [-0.15, -0.1) is 32.9 Å². The molecule has 17 heteroatoms. The van der Waals surface area contributed by atoms with Crippen LogP contribution in [0.25, 0.3) is 0 Å². The summed E-state index contributed by atoms with van der Waals surface area (Å²) in [6.45, 7) is 2.56. The lowest BCUT2D eigenvalue weighted by Gasteiger charge is -2.31. The monoisotopic (exact) mass is 658 g/mol. The molecule has 0 aromatic heterocycles. The summed E-state index contributed by atoms with van der Waals surface area (Å²) in [6, 6.07) is 0. The first-order valence-corrected chi connectivity index (χ1v) is 12.8. The third-order valence-electron chi connectivity index (χ3n) is 5.68. The normalized spacial score (nSPS) is 14.2. The van der Waals surface area contributed by atoms with Gasteiger partial charge in [-0.3, -0.25) is 4.74 Å². The molecule has 0 fully saturated rings. The second-order valence-corrected chi connectivity index (χ2v) is 9.98. The van der Waals surface area contributed by atoms with E-state index in [1.54, 1.807) is 18.2 Å². The lowest BCUT2D eigenvalue weighted by molar-refractivity contribution is -0.432. The molecule has 0 aromatic rings. The Hall–Kier alpha value is -1.85. The van der Waals surface area contributed by atoms with Crippen LogP contribution in [0, 0.1) is 5.41 Å². The van der Waals surface area contributed by atoms with Gasteiger partial charge < -0.3 is 9.47 Å². The Morgan fingerprint density at radius 2 is 0.884 bits per heavy atom. The van der Waals surface area contributed by atoms with E-state index in [1.807, 2.05) is 0 Å². The van der Waals surface area contributed by atoms with E-state index in [4.69, 9.17) is 0 Å². The quantitative estimate of drug-likeness (QED) is 0.0556. The summed E-state index contributed by atoms with van der Waals surface area (Å²) in [7, 11) is 0. The zero-order valence-electron chi connectivity index (χ0n) is 23.1. The van der Waals surface area contributed by atoms with Crippen molar-refractivity contribution in [3.8, 4) is 0 Å². The summed E-state index contributed by atoms with van der Waals surface area (Å²) >= 11 is 0. The van der Waals surface area contributed by atoms with Gasteiger partial charge in [-0.25, -0.2) is 22.3 Å². The smallest absolute Gasteiger partial charge is 0.366 e. The van der Waals surface area contributed by atoms with Crippen molar-refractivity contribution >= 4 is 0 Å². The molecule has 0 bridgehead atoms. The molecule has 0 saturated heterocycles. The lowest BCUT2D eigenvalue weighted by Crippen LogP contribution is -2.43. The average Bonchev–Trinajstić information content (AvgIpc) is 2.75. The van der Waals surface area contributed by atoms with Crippen molar-refractivity contribution in [3.63, 3.8) is 0 Å². The van der Waals surface area contributed by atoms with E-state index in [2.05, 4.69) is 38.7 Å². The Bertz CT molecular complexity index is 819. The van der Waals surface area contributed by atoms with E-state index in [1.165, 1.54) is 0 Å². The Balaban J connectivity index is 4.67. The van der Waals surface area contributed by atoms with E-state index in [9.17, 15) is 57.1 Å². The van der Waals surface area contributed by atoms with Gasteiger partial charge in [0.1, 0.15) is 32.8 Å².